The summed E-state index contributed by atoms with van der Waals surface area (Å²) in [5.41, 5.74) is 12.3. The van der Waals surface area contributed by atoms with Gasteiger partial charge < -0.3 is 24.8 Å². The summed E-state index contributed by atoms with van der Waals surface area (Å²) in [4.78, 5) is 0. The second-order valence-electron chi connectivity index (χ2n) is 8.52. The van der Waals surface area contributed by atoms with Gasteiger partial charge in [0.1, 0.15) is 0 Å². The second-order valence-corrected chi connectivity index (χ2v) is 11.9. The maximum Gasteiger partial charge on any atom is -1.00 e. The Morgan fingerprint density at radius 1 is 0.793 bits per heavy atom. The van der Waals surface area contributed by atoms with Crippen molar-refractivity contribution in [3.8, 4) is 11.1 Å². The molecule has 0 saturated heterocycles. The molecular weight excluding hydrogens is 474 g/mol. The third kappa shape index (κ3) is 4.04. The van der Waals surface area contributed by atoms with Crippen LogP contribution >= 0.6 is 0 Å². The zero-order valence-corrected chi connectivity index (χ0v) is 22.0. The van der Waals surface area contributed by atoms with Gasteiger partial charge in [-0.3, -0.25) is 0 Å². The topological polar surface area (TPSA) is 0 Å². The van der Waals surface area contributed by atoms with E-state index in [2.05, 4.69) is 96.1 Å². The van der Waals surface area contributed by atoms with Gasteiger partial charge in [-0.2, -0.15) is 0 Å². The van der Waals surface area contributed by atoms with E-state index in [1.807, 2.05) is 0 Å². The van der Waals surface area contributed by atoms with E-state index in [9.17, 15) is 0 Å². The molecule has 3 heteroatoms. The van der Waals surface area contributed by atoms with Crippen molar-refractivity contribution >= 4 is 6.08 Å². The normalized spacial score (nSPS) is 19.2. The molecule has 2 aromatic rings. The minimum atomic E-state index is -0.783. The molecule has 150 valence electrons. The SMILES string of the molecule is CC1=Cc2c(-c3ccccc3)cccc2[CH]1[Zr+2][C]1=C(C)C(C)=C(C)C1(C)C.[Cl-].[Cl-]. The molecule has 0 aliphatic heterocycles. The maximum absolute atomic E-state index is 2.47. The summed E-state index contributed by atoms with van der Waals surface area (Å²) in [6.07, 6.45) is 2.47. The van der Waals surface area contributed by atoms with Gasteiger partial charge in [-0.1, -0.05) is 0 Å². The van der Waals surface area contributed by atoms with Crippen LogP contribution < -0.4 is 24.8 Å². The first-order chi connectivity index (χ1) is 12.8. The van der Waals surface area contributed by atoms with E-state index in [1.165, 1.54) is 22.3 Å². The Labute approximate surface area is 200 Å². The number of rotatable bonds is 3. The van der Waals surface area contributed by atoms with Gasteiger partial charge in [-0.05, 0) is 0 Å². The number of benzene rings is 2. The van der Waals surface area contributed by atoms with Gasteiger partial charge in [0, 0.05) is 0 Å². The molecule has 0 heterocycles. The smallest absolute Gasteiger partial charge is 1.00 e. The molecule has 0 aromatic heterocycles. The van der Waals surface area contributed by atoms with Crippen molar-refractivity contribution in [2.75, 3.05) is 0 Å². The molecule has 1 atom stereocenters. The minimum absolute atomic E-state index is 0. The van der Waals surface area contributed by atoms with Gasteiger partial charge in [0.25, 0.3) is 0 Å². The molecule has 0 nitrogen and oxygen atoms in total. The summed E-state index contributed by atoms with van der Waals surface area (Å²) in [5, 5.41) is 0. The van der Waals surface area contributed by atoms with Crippen molar-refractivity contribution in [2.45, 2.75) is 45.2 Å². The molecular formula is C26H28Cl2Zr. The average Bonchev–Trinajstić information content (AvgIpc) is 3.05. The van der Waals surface area contributed by atoms with E-state index < -0.39 is 23.2 Å². The van der Waals surface area contributed by atoms with Crippen molar-refractivity contribution in [1.82, 2.24) is 0 Å². The Kier molecular flexibility index (Phi) is 7.65. The van der Waals surface area contributed by atoms with Crippen molar-refractivity contribution in [3.63, 3.8) is 0 Å². The van der Waals surface area contributed by atoms with Gasteiger partial charge in [-0.25, -0.2) is 0 Å². The first-order valence-electron chi connectivity index (χ1n) is 9.85. The summed E-state index contributed by atoms with van der Waals surface area (Å²) in [7, 11) is 0. The van der Waals surface area contributed by atoms with Crippen LogP contribution in [0.3, 0.4) is 0 Å². The largest absolute Gasteiger partial charge is 1.00 e. The molecule has 0 radical (unpaired) electrons. The molecule has 0 bridgehead atoms. The summed E-state index contributed by atoms with van der Waals surface area (Å²) in [5.74, 6) is 0. The van der Waals surface area contributed by atoms with Crippen LogP contribution in [-0.4, -0.2) is 0 Å². The number of allylic oxidation sites excluding steroid dienone is 5. The summed E-state index contributed by atoms with van der Waals surface area (Å²) in [6, 6.07) is 17.8. The van der Waals surface area contributed by atoms with Crippen LogP contribution in [0.4, 0.5) is 0 Å². The molecule has 1 unspecified atom stereocenters. The van der Waals surface area contributed by atoms with Gasteiger partial charge in [0.05, 0.1) is 0 Å². The van der Waals surface area contributed by atoms with E-state index in [4.69, 9.17) is 0 Å². The Morgan fingerprint density at radius 2 is 1.45 bits per heavy atom. The molecule has 0 spiro atoms. The molecule has 4 rings (SSSR count). The fourth-order valence-corrected chi connectivity index (χ4v) is 9.46. The van der Waals surface area contributed by atoms with Crippen molar-refractivity contribution < 1.29 is 48.0 Å². The Balaban J connectivity index is 0.00000150. The Hall–Kier alpha value is -0.877. The zero-order chi connectivity index (χ0) is 19.3. The third-order valence-corrected chi connectivity index (χ3v) is 12.5. The van der Waals surface area contributed by atoms with E-state index in [1.54, 1.807) is 25.6 Å². The van der Waals surface area contributed by atoms with Crippen LogP contribution in [0.25, 0.3) is 17.2 Å². The van der Waals surface area contributed by atoms with Crippen LogP contribution in [0.15, 0.2) is 74.1 Å². The molecule has 2 aromatic carbocycles. The van der Waals surface area contributed by atoms with E-state index in [0.29, 0.717) is 3.63 Å². The molecule has 0 saturated carbocycles. The van der Waals surface area contributed by atoms with Gasteiger partial charge >= 0.3 is 176 Å². The quantitative estimate of drug-likeness (QED) is 0.598. The third-order valence-electron chi connectivity index (χ3n) is 6.71. The monoisotopic (exact) mass is 500 g/mol. The first-order valence-corrected chi connectivity index (χ1v) is 12.5. The van der Waals surface area contributed by atoms with Gasteiger partial charge in [-0.15, -0.1) is 0 Å². The first kappa shape index (κ1) is 24.4. The second kappa shape index (κ2) is 9.09. The summed E-state index contributed by atoms with van der Waals surface area (Å²) >= 11 is -0.783. The van der Waals surface area contributed by atoms with Crippen LogP contribution in [0.5, 0.6) is 0 Å². The molecule has 2 aliphatic rings. The van der Waals surface area contributed by atoms with Crippen molar-refractivity contribution in [1.29, 1.82) is 0 Å². The van der Waals surface area contributed by atoms with Gasteiger partial charge in [0.2, 0.25) is 0 Å². The van der Waals surface area contributed by atoms with Gasteiger partial charge in [0.15, 0.2) is 0 Å². The molecule has 0 N–H and O–H groups in total. The van der Waals surface area contributed by atoms with E-state index in [-0.39, 0.29) is 30.2 Å². The summed E-state index contributed by atoms with van der Waals surface area (Å²) < 4.78 is 2.45. The molecule has 0 amide bonds. The number of halogens is 2. The molecule has 0 fully saturated rings. The van der Waals surface area contributed by atoms with E-state index in [0.717, 1.165) is 0 Å². The number of hydrogen-bond acceptors (Lipinski definition) is 0. The van der Waals surface area contributed by atoms with Crippen LogP contribution in [-0.2, 0) is 23.2 Å². The molecule has 29 heavy (non-hydrogen) atoms. The fraction of sp³-hybridized carbons (Fsp3) is 0.308. The molecule has 2 aliphatic carbocycles. The standard InChI is InChI=1S/C16H13.C10H15.2ClH.Zr/c1-12-10-14-8-5-9-15(16(14)11-12)13-6-3-2-4-7-13;1-7-6-10(4,5)9(3)8(7)2;;;/h2-11H,1H3;1-5H3;2*1H;/q;;;;+2/p-2. The summed E-state index contributed by atoms with van der Waals surface area (Å²) in [6.45, 7) is 14.2. The number of hydrogen-bond donors (Lipinski definition) is 0. The Bertz CT molecular complexity index is 1010. The van der Waals surface area contributed by atoms with E-state index >= 15 is 0 Å². The predicted octanol–water partition coefficient (Wildman–Crippen LogP) is 1.55. The minimum Gasteiger partial charge on any atom is -1.00 e. The Morgan fingerprint density at radius 3 is 2.03 bits per heavy atom. The zero-order valence-electron chi connectivity index (χ0n) is 18.0. The van der Waals surface area contributed by atoms with Crippen LogP contribution in [0, 0.1) is 5.41 Å². The van der Waals surface area contributed by atoms with Crippen molar-refractivity contribution in [2.24, 2.45) is 5.41 Å². The average molecular weight is 503 g/mol. The fourth-order valence-electron chi connectivity index (χ4n) is 4.64. The van der Waals surface area contributed by atoms with Crippen LogP contribution in [0.1, 0.15) is 56.3 Å². The predicted molar refractivity (Wildman–Crippen MR) is 113 cm³/mol. The number of fused-ring (bicyclic) bond motifs is 1. The maximum atomic E-state index is 2.47. The van der Waals surface area contributed by atoms with Crippen LogP contribution in [0.2, 0.25) is 0 Å². The van der Waals surface area contributed by atoms with Crippen molar-refractivity contribution in [3.05, 3.63) is 85.2 Å².